The maximum absolute atomic E-state index is 11.7. The van der Waals surface area contributed by atoms with Gasteiger partial charge in [-0.15, -0.1) is 0 Å². The largest absolute Gasteiger partial charge is 0.469 e. The highest BCUT2D eigenvalue weighted by Gasteiger charge is 2.18. The first-order valence-electron chi connectivity index (χ1n) is 8.96. The third-order valence-corrected chi connectivity index (χ3v) is 5.16. The summed E-state index contributed by atoms with van der Waals surface area (Å²) in [5, 5.41) is 4.31. The van der Waals surface area contributed by atoms with Gasteiger partial charge in [-0.25, -0.2) is 4.52 Å². The molecule has 0 aliphatic carbocycles. The number of hydrogen-bond acceptors (Lipinski definition) is 4. The molecule has 4 rings (SSSR count). The number of carbonyl (C=O) groups excluding carboxylic acids is 2. The number of aromatic nitrogens is 2. The fraction of sp³-hybridized carbons (Fsp3) is 0.286. The van der Waals surface area contributed by atoms with Crippen LogP contribution in [0.15, 0.2) is 42.7 Å². The quantitative estimate of drug-likeness (QED) is 0.671. The normalized spacial score (nSPS) is 13.5. The van der Waals surface area contributed by atoms with Crippen LogP contribution < -0.4 is 0 Å². The molecule has 0 fully saturated rings. The lowest BCUT2D eigenvalue weighted by Gasteiger charge is -2.28. The molecule has 0 spiro atoms. The fourth-order valence-electron chi connectivity index (χ4n) is 3.58. The first-order valence-corrected chi connectivity index (χ1v) is 8.96. The zero-order chi connectivity index (χ0) is 19.0. The van der Waals surface area contributed by atoms with Gasteiger partial charge in [0.1, 0.15) is 0 Å². The van der Waals surface area contributed by atoms with Gasteiger partial charge < -0.3 is 9.64 Å². The van der Waals surface area contributed by atoms with Crippen molar-refractivity contribution in [2.75, 3.05) is 13.7 Å². The van der Waals surface area contributed by atoms with E-state index in [2.05, 4.69) is 23.3 Å². The third kappa shape index (κ3) is 3.30. The topological polar surface area (TPSA) is 63.9 Å². The predicted octanol–water partition coefficient (Wildman–Crippen LogP) is 2.62. The Kier molecular flexibility index (Phi) is 4.39. The Labute approximate surface area is 157 Å². The molecule has 1 amide bonds. The number of hydrogen-bond donors (Lipinski definition) is 0. The molecule has 1 aromatic carbocycles. The smallest absolute Gasteiger partial charge is 0.310 e. The number of rotatable bonds is 3. The van der Waals surface area contributed by atoms with Gasteiger partial charge >= 0.3 is 5.97 Å². The molecular formula is C21H21N3O3. The predicted molar refractivity (Wildman–Crippen MR) is 101 cm³/mol. The molecule has 0 atom stereocenters. The van der Waals surface area contributed by atoms with Crippen molar-refractivity contribution in [1.29, 1.82) is 0 Å². The van der Waals surface area contributed by atoms with Crippen molar-refractivity contribution in [3.05, 3.63) is 59.4 Å². The summed E-state index contributed by atoms with van der Waals surface area (Å²) in [5.41, 5.74) is 6.36. The first-order chi connectivity index (χ1) is 13.0. The third-order valence-electron chi connectivity index (χ3n) is 5.16. The zero-order valence-electron chi connectivity index (χ0n) is 15.4. The molecule has 138 valence electrons. The van der Waals surface area contributed by atoms with Crippen LogP contribution in [0.25, 0.3) is 16.6 Å². The van der Waals surface area contributed by atoms with Crippen LogP contribution in [0.4, 0.5) is 0 Å². The molecule has 0 saturated carbocycles. The summed E-state index contributed by atoms with van der Waals surface area (Å²) in [7, 11) is 1.39. The number of pyridine rings is 1. The van der Waals surface area contributed by atoms with Gasteiger partial charge in [0, 0.05) is 31.8 Å². The Morgan fingerprint density at radius 2 is 1.96 bits per heavy atom. The van der Waals surface area contributed by atoms with E-state index < -0.39 is 0 Å². The van der Waals surface area contributed by atoms with Crippen molar-refractivity contribution in [3.8, 4) is 11.1 Å². The monoisotopic (exact) mass is 363 g/mol. The van der Waals surface area contributed by atoms with E-state index in [4.69, 9.17) is 4.74 Å². The SMILES string of the molecule is COC(=O)Cc1cnn2ccc(-c3ccc4c(c3)CN(C(C)=O)CC4)cc12. The minimum Gasteiger partial charge on any atom is -0.469 e. The second-order valence-corrected chi connectivity index (χ2v) is 6.84. The Morgan fingerprint density at radius 3 is 2.74 bits per heavy atom. The average molecular weight is 363 g/mol. The van der Waals surface area contributed by atoms with E-state index in [1.54, 1.807) is 17.6 Å². The van der Waals surface area contributed by atoms with Gasteiger partial charge in [0.05, 0.1) is 25.2 Å². The molecule has 1 aliphatic rings. The van der Waals surface area contributed by atoms with E-state index >= 15 is 0 Å². The number of amides is 1. The molecule has 6 heteroatoms. The van der Waals surface area contributed by atoms with Crippen molar-refractivity contribution in [3.63, 3.8) is 0 Å². The van der Waals surface area contributed by atoms with Crippen molar-refractivity contribution >= 4 is 17.4 Å². The van der Waals surface area contributed by atoms with Crippen LogP contribution in [0.2, 0.25) is 0 Å². The first kappa shape index (κ1) is 17.3. The summed E-state index contributed by atoms with van der Waals surface area (Å²) in [6.45, 7) is 3.05. The van der Waals surface area contributed by atoms with Gasteiger partial charge in [0.15, 0.2) is 0 Å². The minimum absolute atomic E-state index is 0.110. The minimum atomic E-state index is -0.284. The summed E-state index contributed by atoms with van der Waals surface area (Å²) in [5.74, 6) is -0.174. The van der Waals surface area contributed by atoms with Crippen LogP contribution in [0, 0.1) is 0 Å². The molecule has 3 aromatic rings. The molecule has 0 saturated heterocycles. The fourth-order valence-corrected chi connectivity index (χ4v) is 3.58. The Hall–Kier alpha value is -3.15. The van der Waals surface area contributed by atoms with Gasteiger partial charge in [-0.05, 0) is 46.9 Å². The van der Waals surface area contributed by atoms with Crippen molar-refractivity contribution in [2.45, 2.75) is 26.3 Å². The summed E-state index contributed by atoms with van der Waals surface area (Å²) in [6.07, 6.45) is 4.68. The lowest BCUT2D eigenvalue weighted by atomic mass is 9.94. The van der Waals surface area contributed by atoms with Crippen LogP contribution in [0.5, 0.6) is 0 Å². The molecule has 0 radical (unpaired) electrons. The highest BCUT2D eigenvalue weighted by Crippen LogP contribution is 2.28. The molecule has 6 nitrogen and oxygen atoms in total. The van der Waals surface area contributed by atoms with Crippen molar-refractivity contribution in [1.82, 2.24) is 14.5 Å². The summed E-state index contributed by atoms with van der Waals surface area (Å²) in [6, 6.07) is 10.5. The molecule has 2 aromatic heterocycles. The van der Waals surface area contributed by atoms with Gasteiger partial charge in [-0.3, -0.25) is 9.59 Å². The molecule has 27 heavy (non-hydrogen) atoms. The second-order valence-electron chi connectivity index (χ2n) is 6.84. The number of fused-ring (bicyclic) bond motifs is 2. The zero-order valence-corrected chi connectivity index (χ0v) is 15.4. The van der Waals surface area contributed by atoms with Crippen LogP contribution >= 0.6 is 0 Å². The number of ether oxygens (including phenoxy) is 1. The average Bonchev–Trinajstić information content (AvgIpc) is 3.08. The second kappa shape index (κ2) is 6.87. The van der Waals surface area contributed by atoms with E-state index in [0.29, 0.717) is 6.54 Å². The number of methoxy groups -OCH3 is 1. The summed E-state index contributed by atoms with van der Waals surface area (Å²) >= 11 is 0. The highest BCUT2D eigenvalue weighted by atomic mass is 16.5. The molecule has 3 heterocycles. The molecule has 0 N–H and O–H groups in total. The Morgan fingerprint density at radius 1 is 1.15 bits per heavy atom. The van der Waals surface area contributed by atoms with E-state index in [-0.39, 0.29) is 18.3 Å². The van der Waals surface area contributed by atoms with Crippen molar-refractivity contribution < 1.29 is 14.3 Å². The van der Waals surface area contributed by atoms with Gasteiger partial charge in [0.2, 0.25) is 5.91 Å². The highest BCUT2D eigenvalue weighted by molar-refractivity contribution is 5.78. The van der Waals surface area contributed by atoms with Crippen molar-refractivity contribution in [2.24, 2.45) is 0 Å². The summed E-state index contributed by atoms with van der Waals surface area (Å²) < 4.78 is 6.53. The maximum atomic E-state index is 11.7. The van der Waals surface area contributed by atoms with E-state index in [1.807, 2.05) is 23.2 Å². The summed E-state index contributed by atoms with van der Waals surface area (Å²) in [4.78, 5) is 25.2. The lowest BCUT2D eigenvalue weighted by molar-refractivity contribution is -0.139. The van der Waals surface area contributed by atoms with Gasteiger partial charge in [0.25, 0.3) is 0 Å². The van der Waals surface area contributed by atoms with E-state index in [1.165, 1.54) is 18.2 Å². The maximum Gasteiger partial charge on any atom is 0.310 e. The van der Waals surface area contributed by atoms with Gasteiger partial charge in [-0.2, -0.15) is 5.10 Å². The number of benzene rings is 1. The lowest BCUT2D eigenvalue weighted by Crippen LogP contribution is -2.34. The van der Waals surface area contributed by atoms with Crippen LogP contribution in [-0.4, -0.2) is 40.0 Å². The molecule has 0 bridgehead atoms. The Bertz CT molecular complexity index is 1040. The van der Waals surface area contributed by atoms with E-state index in [0.717, 1.165) is 35.2 Å². The molecule has 1 aliphatic heterocycles. The van der Waals surface area contributed by atoms with Crippen LogP contribution in [0.3, 0.4) is 0 Å². The van der Waals surface area contributed by atoms with Crippen LogP contribution in [-0.2, 0) is 33.7 Å². The number of esters is 1. The number of carbonyl (C=O) groups is 2. The molecule has 0 unspecified atom stereocenters. The standard InChI is InChI=1S/C21H21N3O3/c1-14(25)23-7-5-15-3-4-16(9-19(15)13-23)17-6-8-24-20(10-17)18(12-22-24)11-21(26)27-2/h3-4,6,8-10,12H,5,7,11,13H2,1-2H3. The molecular weight excluding hydrogens is 342 g/mol. The number of nitrogens with zero attached hydrogens (tertiary/aromatic N) is 3. The van der Waals surface area contributed by atoms with Gasteiger partial charge in [-0.1, -0.05) is 12.1 Å². The van der Waals surface area contributed by atoms with E-state index in [9.17, 15) is 9.59 Å². The van der Waals surface area contributed by atoms with Crippen LogP contribution in [0.1, 0.15) is 23.6 Å². The Balaban J connectivity index is 1.70.